The van der Waals surface area contributed by atoms with Crippen LogP contribution in [0.1, 0.15) is 49.3 Å². The van der Waals surface area contributed by atoms with Crippen molar-refractivity contribution in [3.05, 3.63) is 34.3 Å². The van der Waals surface area contributed by atoms with Crippen LogP contribution in [0.2, 0.25) is 5.02 Å². The van der Waals surface area contributed by atoms with Gasteiger partial charge in [-0.05, 0) is 74.2 Å². The summed E-state index contributed by atoms with van der Waals surface area (Å²) in [4.78, 5) is 2.78. The van der Waals surface area contributed by atoms with Crippen LogP contribution in [0, 0.1) is 5.92 Å². The maximum Gasteiger partial charge on any atom is 0.0408 e. The SMILES string of the molecule is Clc1ccc2c(c1)CCC2N(CC1CC1)CC1CCCN1. The summed E-state index contributed by atoms with van der Waals surface area (Å²) in [6.45, 7) is 3.73. The first-order chi connectivity index (χ1) is 10.3. The lowest BCUT2D eigenvalue weighted by molar-refractivity contribution is 0.172. The van der Waals surface area contributed by atoms with Crippen LogP contribution in [-0.4, -0.2) is 30.6 Å². The fraction of sp³-hybridized carbons (Fsp3) is 0.667. The van der Waals surface area contributed by atoms with Gasteiger partial charge in [-0.3, -0.25) is 4.90 Å². The molecule has 1 heterocycles. The Labute approximate surface area is 132 Å². The molecule has 1 saturated heterocycles. The van der Waals surface area contributed by atoms with E-state index in [2.05, 4.69) is 28.4 Å². The average Bonchev–Trinajstić information content (AvgIpc) is 2.99. The summed E-state index contributed by atoms with van der Waals surface area (Å²) in [6, 6.07) is 7.86. The molecular formula is C18H25ClN2. The molecule has 0 aromatic heterocycles. The third-order valence-electron chi connectivity index (χ3n) is 5.40. The minimum Gasteiger partial charge on any atom is -0.313 e. The van der Waals surface area contributed by atoms with Crippen molar-refractivity contribution < 1.29 is 0 Å². The molecule has 0 radical (unpaired) electrons. The third kappa shape index (κ3) is 3.13. The van der Waals surface area contributed by atoms with E-state index in [4.69, 9.17) is 11.6 Å². The number of hydrogen-bond acceptors (Lipinski definition) is 2. The van der Waals surface area contributed by atoms with Gasteiger partial charge in [-0.2, -0.15) is 0 Å². The lowest BCUT2D eigenvalue weighted by Crippen LogP contribution is -2.40. The summed E-state index contributed by atoms with van der Waals surface area (Å²) in [7, 11) is 0. The second-order valence-corrected chi connectivity index (χ2v) is 7.52. The highest BCUT2D eigenvalue weighted by atomic mass is 35.5. The van der Waals surface area contributed by atoms with E-state index in [-0.39, 0.29) is 0 Å². The fourth-order valence-corrected chi connectivity index (χ4v) is 4.29. The van der Waals surface area contributed by atoms with Gasteiger partial charge in [0.25, 0.3) is 0 Å². The van der Waals surface area contributed by atoms with Crippen molar-refractivity contribution in [1.82, 2.24) is 10.2 Å². The number of aryl methyl sites for hydroxylation is 1. The Hall–Kier alpha value is -0.570. The second-order valence-electron chi connectivity index (χ2n) is 7.09. The molecule has 0 amide bonds. The first-order valence-corrected chi connectivity index (χ1v) is 8.93. The van der Waals surface area contributed by atoms with Crippen LogP contribution in [-0.2, 0) is 6.42 Å². The maximum absolute atomic E-state index is 6.16. The van der Waals surface area contributed by atoms with E-state index in [0.29, 0.717) is 12.1 Å². The standard InChI is InChI=1S/C18H25ClN2/c19-15-6-7-17-14(10-15)5-8-18(17)21(11-13-3-4-13)12-16-2-1-9-20-16/h6-7,10,13,16,18,20H,1-5,8-9,11-12H2. The molecule has 2 aliphatic carbocycles. The summed E-state index contributed by atoms with van der Waals surface area (Å²) >= 11 is 6.16. The molecule has 0 spiro atoms. The minimum atomic E-state index is 0.625. The van der Waals surface area contributed by atoms with E-state index in [1.807, 2.05) is 0 Å². The van der Waals surface area contributed by atoms with Crippen LogP contribution in [0.15, 0.2) is 18.2 Å². The van der Waals surface area contributed by atoms with Crippen molar-refractivity contribution in [2.24, 2.45) is 5.92 Å². The van der Waals surface area contributed by atoms with Gasteiger partial charge in [0.1, 0.15) is 0 Å². The van der Waals surface area contributed by atoms with E-state index in [0.717, 1.165) is 10.9 Å². The van der Waals surface area contributed by atoms with E-state index in [9.17, 15) is 0 Å². The molecule has 1 aromatic rings. The Bertz CT molecular complexity index is 506. The van der Waals surface area contributed by atoms with Gasteiger partial charge in [0.05, 0.1) is 0 Å². The number of rotatable bonds is 5. The highest BCUT2D eigenvalue weighted by Gasteiger charge is 2.34. The van der Waals surface area contributed by atoms with Crippen molar-refractivity contribution in [3.63, 3.8) is 0 Å². The zero-order valence-electron chi connectivity index (χ0n) is 12.7. The van der Waals surface area contributed by atoms with Gasteiger partial charge in [0.15, 0.2) is 0 Å². The number of halogens is 1. The maximum atomic E-state index is 6.16. The molecule has 1 saturated carbocycles. The van der Waals surface area contributed by atoms with Gasteiger partial charge < -0.3 is 5.32 Å². The quantitative estimate of drug-likeness (QED) is 0.890. The van der Waals surface area contributed by atoms with Crippen molar-refractivity contribution in [2.75, 3.05) is 19.6 Å². The van der Waals surface area contributed by atoms with Gasteiger partial charge in [-0.25, -0.2) is 0 Å². The molecule has 1 aliphatic heterocycles. The number of fused-ring (bicyclic) bond motifs is 1. The van der Waals surface area contributed by atoms with E-state index in [1.165, 1.54) is 69.3 Å². The van der Waals surface area contributed by atoms with Crippen molar-refractivity contribution in [1.29, 1.82) is 0 Å². The lowest BCUT2D eigenvalue weighted by Gasteiger charge is -2.32. The third-order valence-corrected chi connectivity index (χ3v) is 5.63. The van der Waals surface area contributed by atoms with Crippen LogP contribution in [0.25, 0.3) is 0 Å². The summed E-state index contributed by atoms with van der Waals surface area (Å²) in [5, 5.41) is 4.56. The number of nitrogens with zero attached hydrogens (tertiary/aromatic N) is 1. The zero-order valence-corrected chi connectivity index (χ0v) is 13.4. The van der Waals surface area contributed by atoms with Crippen LogP contribution in [0.4, 0.5) is 0 Å². The molecule has 3 heteroatoms. The summed E-state index contributed by atoms with van der Waals surface area (Å²) in [5.41, 5.74) is 3.02. The Balaban J connectivity index is 1.52. The van der Waals surface area contributed by atoms with Crippen molar-refractivity contribution >= 4 is 11.6 Å². The molecule has 1 aromatic carbocycles. The van der Waals surface area contributed by atoms with Crippen molar-refractivity contribution in [2.45, 2.75) is 50.6 Å². The summed E-state index contributed by atoms with van der Waals surface area (Å²) in [6.07, 6.45) is 8.04. The van der Waals surface area contributed by atoms with Crippen LogP contribution < -0.4 is 5.32 Å². The highest BCUT2D eigenvalue weighted by Crippen LogP contribution is 2.40. The monoisotopic (exact) mass is 304 g/mol. The Morgan fingerprint density at radius 1 is 1.14 bits per heavy atom. The second kappa shape index (κ2) is 5.91. The Kier molecular flexibility index (Phi) is 3.95. The van der Waals surface area contributed by atoms with E-state index in [1.54, 1.807) is 0 Å². The zero-order chi connectivity index (χ0) is 14.2. The number of benzene rings is 1. The first kappa shape index (κ1) is 14.0. The minimum absolute atomic E-state index is 0.625. The Morgan fingerprint density at radius 2 is 2.05 bits per heavy atom. The first-order valence-electron chi connectivity index (χ1n) is 8.55. The molecule has 3 aliphatic rings. The largest absolute Gasteiger partial charge is 0.313 e. The normalized spacial score (nSPS) is 28.3. The average molecular weight is 305 g/mol. The van der Waals surface area contributed by atoms with Gasteiger partial charge in [-0.1, -0.05) is 17.7 Å². The molecule has 2 fully saturated rings. The molecule has 21 heavy (non-hydrogen) atoms. The predicted molar refractivity (Wildman–Crippen MR) is 87.8 cm³/mol. The van der Waals surface area contributed by atoms with E-state index >= 15 is 0 Å². The van der Waals surface area contributed by atoms with Crippen LogP contribution in [0.5, 0.6) is 0 Å². The van der Waals surface area contributed by atoms with Crippen LogP contribution in [0.3, 0.4) is 0 Å². The fourth-order valence-electron chi connectivity index (χ4n) is 4.10. The molecule has 2 atom stereocenters. The van der Waals surface area contributed by atoms with E-state index < -0.39 is 0 Å². The predicted octanol–water partition coefficient (Wildman–Crippen LogP) is 3.79. The lowest BCUT2D eigenvalue weighted by atomic mass is 10.1. The molecule has 2 nitrogen and oxygen atoms in total. The number of nitrogens with one attached hydrogen (secondary N) is 1. The Morgan fingerprint density at radius 3 is 2.81 bits per heavy atom. The molecule has 114 valence electrons. The van der Waals surface area contributed by atoms with Gasteiger partial charge >= 0.3 is 0 Å². The van der Waals surface area contributed by atoms with Crippen molar-refractivity contribution in [3.8, 4) is 0 Å². The summed E-state index contributed by atoms with van der Waals surface area (Å²) in [5.74, 6) is 0.961. The van der Waals surface area contributed by atoms with Gasteiger partial charge in [0.2, 0.25) is 0 Å². The molecule has 4 rings (SSSR count). The smallest absolute Gasteiger partial charge is 0.0408 e. The van der Waals surface area contributed by atoms with Gasteiger partial charge in [-0.15, -0.1) is 0 Å². The van der Waals surface area contributed by atoms with Crippen LogP contribution >= 0.6 is 11.6 Å². The molecule has 0 bridgehead atoms. The molecule has 1 N–H and O–H groups in total. The topological polar surface area (TPSA) is 15.3 Å². The molecule has 2 unspecified atom stereocenters. The summed E-state index contributed by atoms with van der Waals surface area (Å²) < 4.78 is 0. The van der Waals surface area contributed by atoms with Gasteiger partial charge in [0, 0.05) is 30.2 Å². The molecular weight excluding hydrogens is 280 g/mol. The highest BCUT2D eigenvalue weighted by molar-refractivity contribution is 6.30. The number of hydrogen-bond donors (Lipinski definition) is 1.